The maximum Gasteiger partial charge on any atom is 0.0767 e. The van der Waals surface area contributed by atoms with Gasteiger partial charge in [0, 0.05) is 11.6 Å². The fourth-order valence-electron chi connectivity index (χ4n) is 2.08. The molecule has 2 nitrogen and oxygen atoms in total. The van der Waals surface area contributed by atoms with Crippen molar-refractivity contribution in [2.45, 2.75) is 38.3 Å². The average Bonchev–Trinajstić information content (AvgIpc) is 2.33. The van der Waals surface area contributed by atoms with Gasteiger partial charge in [-0.05, 0) is 43.4 Å². The minimum atomic E-state index is -0.0570. The number of benzene rings is 1. The van der Waals surface area contributed by atoms with Crippen LogP contribution in [0.15, 0.2) is 18.2 Å². The number of halogens is 1. The number of hydrogen-bond acceptors (Lipinski definition) is 2. The van der Waals surface area contributed by atoms with E-state index in [0.717, 1.165) is 35.6 Å². The number of hydrogen-bond donors (Lipinski definition) is 1. The van der Waals surface area contributed by atoms with Crippen LogP contribution in [-0.2, 0) is 4.74 Å². The molecule has 88 valence electrons. The van der Waals surface area contributed by atoms with E-state index in [0.29, 0.717) is 0 Å². The van der Waals surface area contributed by atoms with Crippen LogP contribution < -0.4 is 5.73 Å². The molecule has 0 amide bonds. The molecule has 1 fully saturated rings. The molecule has 1 aliphatic heterocycles. The van der Waals surface area contributed by atoms with Crippen LogP contribution >= 0.6 is 11.6 Å². The molecule has 2 rings (SSSR count). The minimum absolute atomic E-state index is 0.0570. The van der Waals surface area contributed by atoms with Gasteiger partial charge < -0.3 is 10.5 Å². The second-order valence-electron chi connectivity index (χ2n) is 4.44. The Morgan fingerprint density at radius 2 is 2.25 bits per heavy atom. The second kappa shape index (κ2) is 5.17. The van der Waals surface area contributed by atoms with Gasteiger partial charge >= 0.3 is 0 Å². The van der Waals surface area contributed by atoms with Crippen LogP contribution in [-0.4, -0.2) is 12.7 Å². The Labute approximate surface area is 102 Å². The highest BCUT2D eigenvalue weighted by Crippen LogP contribution is 2.27. The van der Waals surface area contributed by atoms with Crippen molar-refractivity contribution < 1.29 is 4.74 Å². The maximum atomic E-state index is 6.21. The molecule has 16 heavy (non-hydrogen) atoms. The Morgan fingerprint density at radius 3 is 2.88 bits per heavy atom. The summed E-state index contributed by atoms with van der Waals surface area (Å²) in [6, 6.07) is 5.96. The van der Waals surface area contributed by atoms with Crippen LogP contribution in [0.2, 0.25) is 5.02 Å². The van der Waals surface area contributed by atoms with Crippen molar-refractivity contribution in [3.05, 3.63) is 34.3 Å². The average molecular weight is 240 g/mol. The summed E-state index contributed by atoms with van der Waals surface area (Å²) >= 11 is 6.10. The first-order valence-electron chi connectivity index (χ1n) is 5.81. The Bertz CT molecular complexity index is 361. The van der Waals surface area contributed by atoms with Crippen molar-refractivity contribution >= 4 is 11.6 Å². The molecule has 0 saturated carbocycles. The van der Waals surface area contributed by atoms with Crippen molar-refractivity contribution in [3.8, 4) is 0 Å². The monoisotopic (exact) mass is 239 g/mol. The summed E-state index contributed by atoms with van der Waals surface area (Å²) in [5.74, 6) is 0. The van der Waals surface area contributed by atoms with Crippen molar-refractivity contribution in [1.82, 2.24) is 0 Å². The van der Waals surface area contributed by atoms with Gasteiger partial charge in [0.25, 0.3) is 0 Å². The smallest absolute Gasteiger partial charge is 0.0767 e. The molecule has 3 heteroatoms. The Morgan fingerprint density at radius 1 is 1.44 bits per heavy atom. The number of ether oxygens (including phenoxy) is 1. The van der Waals surface area contributed by atoms with E-state index in [4.69, 9.17) is 22.1 Å². The third-order valence-electron chi connectivity index (χ3n) is 3.20. The Kier molecular flexibility index (Phi) is 3.85. The Balaban J connectivity index is 2.12. The summed E-state index contributed by atoms with van der Waals surface area (Å²) in [5.41, 5.74) is 8.36. The summed E-state index contributed by atoms with van der Waals surface area (Å²) < 4.78 is 5.70. The fraction of sp³-hybridized carbons (Fsp3) is 0.538. The largest absolute Gasteiger partial charge is 0.376 e. The van der Waals surface area contributed by atoms with Gasteiger partial charge in [-0.3, -0.25) is 0 Å². The summed E-state index contributed by atoms with van der Waals surface area (Å²) in [5, 5.41) is 0.781. The molecule has 2 atom stereocenters. The first kappa shape index (κ1) is 11.9. The van der Waals surface area contributed by atoms with E-state index in [1.807, 2.05) is 25.1 Å². The van der Waals surface area contributed by atoms with Crippen molar-refractivity contribution in [1.29, 1.82) is 0 Å². The van der Waals surface area contributed by atoms with Crippen LogP contribution in [0.3, 0.4) is 0 Å². The molecule has 2 unspecified atom stereocenters. The summed E-state index contributed by atoms with van der Waals surface area (Å²) in [4.78, 5) is 0. The van der Waals surface area contributed by atoms with E-state index >= 15 is 0 Å². The van der Waals surface area contributed by atoms with Gasteiger partial charge in [-0.25, -0.2) is 0 Å². The number of rotatable bonds is 2. The van der Waals surface area contributed by atoms with Crippen molar-refractivity contribution in [2.75, 3.05) is 6.61 Å². The highest BCUT2D eigenvalue weighted by Gasteiger charge is 2.22. The lowest BCUT2D eigenvalue weighted by Gasteiger charge is -2.28. The van der Waals surface area contributed by atoms with E-state index in [9.17, 15) is 0 Å². The van der Waals surface area contributed by atoms with Gasteiger partial charge in [0.2, 0.25) is 0 Å². The zero-order valence-corrected chi connectivity index (χ0v) is 10.3. The summed E-state index contributed by atoms with van der Waals surface area (Å²) in [6.45, 7) is 2.83. The third kappa shape index (κ3) is 2.57. The predicted octanol–water partition coefficient (Wildman–Crippen LogP) is 3.22. The van der Waals surface area contributed by atoms with E-state index in [1.54, 1.807) is 0 Å². The van der Waals surface area contributed by atoms with E-state index in [1.165, 1.54) is 6.42 Å². The lowest BCUT2D eigenvalue weighted by Crippen LogP contribution is -2.31. The van der Waals surface area contributed by atoms with Crippen LogP contribution in [0.5, 0.6) is 0 Å². The Hall–Kier alpha value is -0.570. The van der Waals surface area contributed by atoms with Gasteiger partial charge in [-0.1, -0.05) is 23.7 Å². The van der Waals surface area contributed by atoms with Gasteiger partial charge in [0.1, 0.15) is 0 Å². The molecular formula is C13H18ClNO. The zero-order valence-electron chi connectivity index (χ0n) is 9.58. The van der Waals surface area contributed by atoms with Crippen LogP contribution in [0.4, 0.5) is 0 Å². The molecule has 1 heterocycles. The van der Waals surface area contributed by atoms with Gasteiger partial charge in [-0.2, -0.15) is 0 Å². The lowest BCUT2D eigenvalue weighted by atomic mass is 9.96. The second-order valence-corrected chi connectivity index (χ2v) is 4.85. The van der Waals surface area contributed by atoms with E-state index < -0.39 is 0 Å². The van der Waals surface area contributed by atoms with Gasteiger partial charge in [-0.15, -0.1) is 0 Å². The molecule has 0 aromatic heterocycles. The third-order valence-corrected chi connectivity index (χ3v) is 3.60. The zero-order chi connectivity index (χ0) is 11.5. The van der Waals surface area contributed by atoms with E-state index in [-0.39, 0.29) is 12.1 Å². The molecule has 0 spiro atoms. The van der Waals surface area contributed by atoms with Crippen LogP contribution in [0.1, 0.15) is 36.4 Å². The molecule has 1 aromatic rings. The summed E-state index contributed by atoms with van der Waals surface area (Å²) in [7, 11) is 0. The predicted molar refractivity (Wildman–Crippen MR) is 66.7 cm³/mol. The molecule has 0 radical (unpaired) electrons. The van der Waals surface area contributed by atoms with E-state index in [2.05, 4.69) is 0 Å². The molecule has 1 aliphatic rings. The SMILES string of the molecule is Cc1ccc(C(N)C2CCCCO2)cc1Cl. The van der Waals surface area contributed by atoms with Gasteiger partial charge in [0.05, 0.1) is 12.1 Å². The number of aryl methyl sites for hydroxylation is 1. The van der Waals surface area contributed by atoms with Crippen LogP contribution in [0, 0.1) is 6.92 Å². The first-order valence-corrected chi connectivity index (χ1v) is 6.19. The molecule has 1 saturated heterocycles. The number of nitrogens with two attached hydrogens (primary N) is 1. The quantitative estimate of drug-likeness (QED) is 0.860. The first-order chi connectivity index (χ1) is 7.68. The highest BCUT2D eigenvalue weighted by molar-refractivity contribution is 6.31. The summed E-state index contributed by atoms with van der Waals surface area (Å²) in [6.07, 6.45) is 3.55. The lowest BCUT2D eigenvalue weighted by molar-refractivity contribution is 0.0000135. The van der Waals surface area contributed by atoms with Crippen molar-refractivity contribution in [3.63, 3.8) is 0 Å². The highest BCUT2D eigenvalue weighted by atomic mass is 35.5. The molecule has 0 bridgehead atoms. The van der Waals surface area contributed by atoms with Crippen molar-refractivity contribution in [2.24, 2.45) is 5.73 Å². The molecule has 2 N–H and O–H groups in total. The van der Waals surface area contributed by atoms with Crippen LogP contribution in [0.25, 0.3) is 0 Å². The molecular weight excluding hydrogens is 222 g/mol. The molecule has 0 aliphatic carbocycles. The molecule has 1 aromatic carbocycles. The maximum absolute atomic E-state index is 6.21. The normalized spacial score (nSPS) is 23.1. The fourth-order valence-corrected chi connectivity index (χ4v) is 2.27. The van der Waals surface area contributed by atoms with Gasteiger partial charge in [0.15, 0.2) is 0 Å². The minimum Gasteiger partial charge on any atom is -0.376 e. The standard InChI is InChI=1S/C13H18ClNO/c1-9-5-6-10(8-11(9)14)13(15)12-4-2-3-7-16-12/h5-6,8,12-13H,2-4,7,15H2,1H3. The topological polar surface area (TPSA) is 35.2 Å².